The smallest absolute Gasteiger partial charge is 0.233 e. The molecule has 0 spiro atoms. The first-order valence-corrected chi connectivity index (χ1v) is 14.4. The van der Waals surface area contributed by atoms with Crippen molar-refractivity contribution in [1.82, 2.24) is 29.5 Å². The molecule has 3 aromatic carbocycles. The van der Waals surface area contributed by atoms with Gasteiger partial charge >= 0.3 is 0 Å². The summed E-state index contributed by atoms with van der Waals surface area (Å²) in [5, 5.41) is 10.4. The van der Waals surface area contributed by atoms with Crippen LogP contribution in [-0.2, 0) is 17.9 Å². The first-order valence-electron chi connectivity index (χ1n) is 13.4. The molecule has 2 aliphatic heterocycles. The van der Waals surface area contributed by atoms with Crippen LogP contribution in [0.1, 0.15) is 11.1 Å². The van der Waals surface area contributed by atoms with E-state index in [0.717, 1.165) is 53.2 Å². The minimum atomic E-state index is 0.0984. The average molecular weight is 553 g/mol. The van der Waals surface area contributed by atoms with Crippen molar-refractivity contribution >= 4 is 39.7 Å². The van der Waals surface area contributed by atoms with Gasteiger partial charge in [-0.1, -0.05) is 66.4 Å². The molecule has 0 N–H and O–H groups in total. The van der Waals surface area contributed by atoms with Crippen LogP contribution in [0.3, 0.4) is 0 Å². The quantitative estimate of drug-likeness (QED) is 0.278. The third-order valence-electron chi connectivity index (χ3n) is 7.43. The Hall–Kier alpha value is -4.15. The van der Waals surface area contributed by atoms with Crippen LogP contribution in [-0.4, -0.2) is 74.2 Å². The third kappa shape index (κ3) is 4.96. The molecule has 2 aliphatic rings. The highest BCUT2D eigenvalue weighted by Gasteiger charge is 2.23. The van der Waals surface area contributed by atoms with Crippen LogP contribution >= 0.6 is 11.8 Å². The number of carbonyl (C=O) groups is 1. The number of aromatic nitrogens is 4. The van der Waals surface area contributed by atoms with Gasteiger partial charge in [0.1, 0.15) is 5.52 Å². The lowest BCUT2D eigenvalue weighted by Gasteiger charge is -2.34. The van der Waals surface area contributed by atoms with E-state index >= 15 is 0 Å². The topological polar surface area (TPSA) is 85.6 Å². The molecule has 2 aromatic heterocycles. The van der Waals surface area contributed by atoms with Crippen molar-refractivity contribution in [1.29, 1.82) is 0 Å². The van der Waals surface area contributed by atoms with E-state index in [0.29, 0.717) is 24.8 Å². The number of carbonyl (C=O) groups excluding carboxylic acids is 1. The van der Waals surface area contributed by atoms with Gasteiger partial charge in [-0.25, -0.2) is 4.98 Å². The largest absolute Gasteiger partial charge is 0.454 e. The first kappa shape index (κ1) is 24.9. The van der Waals surface area contributed by atoms with Crippen molar-refractivity contribution in [3.8, 4) is 11.5 Å². The van der Waals surface area contributed by atoms with Gasteiger partial charge in [-0.05, 0) is 29.3 Å². The first-order chi connectivity index (χ1) is 19.7. The average Bonchev–Trinajstić information content (AvgIpc) is 3.59. The zero-order valence-corrected chi connectivity index (χ0v) is 22.7. The molecule has 0 unspecified atom stereocenters. The molecular weight excluding hydrogens is 524 g/mol. The van der Waals surface area contributed by atoms with Gasteiger partial charge in [-0.15, -0.1) is 10.2 Å². The van der Waals surface area contributed by atoms with E-state index in [2.05, 4.69) is 50.0 Å². The summed E-state index contributed by atoms with van der Waals surface area (Å²) in [6.45, 7) is 4.85. The van der Waals surface area contributed by atoms with E-state index in [9.17, 15) is 4.79 Å². The maximum absolute atomic E-state index is 13.1. The molecule has 40 heavy (non-hydrogen) atoms. The summed E-state index contributed by atoms with van der Waals surface area (Å²) in [6.07, 6.45) is 0. The summed E-state index contributed by atoms with van der Waals surface area (Å²) in [5.74, 6) is 1.99. The molecule has 10 heteroatoms. The molecule has 9 nitrogen and oxygen atoms in total. The molecule has 0 atom stereocenters. The van der Waals surface area contributed by atoms with Crippen molar-refractivity contribution in [3.63, 3.8) is 0 Å². The highest BCUT2D eigenvalue weighted by atomic mass is 32.2. The van der Waals surface area contributed by atoms with Crippen molar-refractivity contribution < 1.29 is 14.3 Å². The second-order valence-electron chi connectivity index (χ2n) is 9.99. The van der Waals surface area contributed by atoms with Crippen LogP contribution in [0.2, 0.25) is 0 Å². The number of hydrogen-bond acceptors (Lipinski definition) is 8. The highest BCUT2D eigenvalue weighted by molar-refractivity contribution is 7.99. The minimum Gasteiger partial charge on any atom is -0.454 e. The zero-order chi connectivity index (χ0) is 26.9. The minimum absolute atomic E-state index is 0.0984. The Kier molecular flexibility index (Phi) is 6.70. The molecule has 0 aliphatic carbocycles. The van der Waals surface area contributed by atoms with Gasteiger partial charge in [0.25, 0.3) is 0 Å². The number of ether oxygens (including phenoxy) is 2. The Balaban J connectivity index is 1.00. The molecule has 4 heterocycles. The predicted molar refractivity (Wildman–Crippen MR) is 154 cm³/mol. The monoisotopic (exact) mass is 552 g/mol. The SMILES string of the molecule is O=C(CSc1nnc2c3ccccc3n(Cc3ccccc3)c2n1)N1CCN(Cc2ccc3c(c2)OCO3)CC1. The number of nitrogens with zero attached hydrogens (tertiary/aromatic N) is 6. The molecule has 202 valence electrons. The van der Waals surface area contributed by atoms with Gasteiger partial charge in [0.2, 0.25) is 17.9 Å². The maximum Gasteiger partial charge on any atom is 0.233 e. The van der Waals surface area contributed by atoms with E-state index in [1.54, 1.807) is 0 Å². The van der Waals surface area contributed by atoms with Crippen molar-refractivity contribution in [2.24, 2.45) is 0 Å². The Labute approximate surface area is 235 Å². The summed E-state index contributed by atoms with van der Waals surface area (Å²) in [4.78, 5) is 22.2. The molecule has 7 rings (SSSR count). The van der Waals surface area contributed by atoms with Crippen LogP contribution in [0.4, 0.5) is 0 Å². The molecular formula is C30H28N6O3S. The van der Waals surface area contributed by atoms with Crippen molar-refractivity contribution in [2.75, 3.05) is 38.7 Å². The summed E-state index contributed by atoms with van der Waals surface area (Å²) in [6, 6.07) is 24.6. The fourth-order valence-corrected chi connectivity index (χ4v) is 6.03. The number of rotatable bonds is 7. The summed E-state index contributed by atoms with van der Waals surface area (Å²) in [7, 11) is 0. The lowest BCUT2D eigenvalue weighted by atomic mass is 10.1. The van der Waals surface area contributed by atoms with Gasteiger partial charge in [-0.3, -0.25) is 9.69 Å². The third-order valence-corrected chi connectivity index (χ3v) is 8.25. The van der Waals surface area contributed by atoms with E-state index < -0.39 is 0 Å². The number of amides is 1. The lowest BCUT2D eigenvalue weighted by molar-refractivity contribution is -0.130. The summed E-state index contributed by atoms with van der Waals surface area (Å²) in [5.41, 5.74) is 5.00. The normalized spacial score (nSPS) is 15.2. The molecule has 0 saturated carbocycles. The predicted octanol–water partition coefficient (Wildman–Crippen LogP) is 4.19. The number of benzene rings is 3. The maximum atomic E-state index is 13.1. The Morgan fingerprint density at radius 3 is 2.50 bits per heavy atom. The van der Waals surface area contributed by atoms with Gasteiger partial charge in [0, 0.05) is 44.7 Å². The van der Waals surface area contributed by atoms with Gasteiger partial charge in [0.15, 0.2) is 17.1 Å². The van der Waals surface area contributed by atoms with Crippen molar-refractivity contribution in [3.05, 3.63) is 83.9 Å². The molecule has 1 fully saturated rings. The van der Waals surface area contributed by atoms with Crippen molar-refractivity contribution in [2.45, 2.75) is 18.2 Å². The molecule has 5 aromatic rings. The second-order valence-corrected chi connectivity index (χ2v) is 10.9. The molecule has 1 amide bonds. The van der Waals surface area contributed by atoms with Crippen LogP contribution < -0.4 is 9.47 Å². The molecule has 0 radical (unpaired) electrons. The highest BCUT2D eigenvalue weighted by Crippen LogP contribution is 2.33. The standard InChI is InChI=1S/C30H28N6O3S/c37-27(35-14-12-34(13-15-35)17-22-10-11-25-26(16-22)39-20-38-25)19-40-30-31-29-28(32-33-30)23-8-4-5-9-24(23)36(29)18-21-6-2-1-3-7-21/h1-11,16H,12-15,17-20H2. The fraction of sp³-hybridized carbons (Fsp3) is 0.267. The van der Waals surface area contributed by atoms with E-state index in [4.69, 9.17) is 14.5 Å². The zero-order valence-electron chi connectivity index (χ0n) is 21.9. The summed E-state index contributed by atoms with van der Waals surface area (Å²) >= 11 is 1.35. The number of hydrogen-bond donors (Lipinski definition) is 0. The molecule has 1 saturated heterocycles. The van der Waals surface area contributed by atoms with Gasteiger partial charge in [0.05, 0.1) is 11.3 Å². The van der Waals surface area contributed by atoms with E-state index in [1.165, 1.54) is 22.9 Å². The summed E-state index contributed by atoms with van der Waals surface area (Å²) < 4.78 is 13.1. The van der Waals surface area contributed by atoms with Crippen LogP contribution in [0.25, 0.3) is 22.1 Å². The lowest BCUT2D eigenvalue weighted by Crippen LogP contribution is -2.48. The van der Waals surface area contributed by atoms with E-state index in [-0.39, 0.29) is 18.5 Å². The van der Waals surface area contributed by atoms with Crippen LogP contribution in [0, 0.1) is 0 Å². The van der Waals surface area contributed by atoms with E-state index in [1.807, 2.05) is 47.4 Å². The van der Waals surface area contributed by atoms with Gasteiger partial charge in [-0.2, -0.15) is 0 Å². The van der Waals surface area contributed by atoms with Crippen LogP contribution in [0.5, 0.6) is 11.5 Å². The fourth-order valence-electron chi connectivity index (χ4n) is 5.35. The molecule has 0 bridgehead atoms. The number of piperazine rings is 1. The second kappa shape index (κ2) is 10.8. The number of thioether (sulfide) groups is 1. The number of para-hydroxylation sites is 1. The Morgan fingerprint density at radius 1 is 0.825 bits per heavy atom. The Morgan fingerprint density at radius 2 is 1.62 bits per heavy atom. The van der Waals surface area contributed by atoms with Gasteiger partial charge < -0.3 is 18.9 Å². The Bertz CT molecular complexity index is 1680. The number of fused-ring (bicyclic) bond motifs is 4. The van der Waals surface area contributed by atoms with Crippen LogP contribution in [0.15, 0.2) is 78.0 Å².